The third kappa shape index (κ3) is 1.47. The van der Waals surface area contributed by atoms with E-state index in [9.17, 15) is 5.11 Å². The summed E-state index contributed by atoms with van der Waals surface area (Å²) in [4.78, 5) is 0. The minimum absolute atomic E-state index is 0.221. The van der Waals surface area contributed by atoms with Crippen LogP contribution in [0.25, 0.3) is 0 Å². The van der Waals surface area contributed by atoms with Crippen molar-refractivity contribution in [2.45, 2.75) is 44.2 Å². The molecule has 0 spiro atoms. The molecule has 5 nitrogen and oxygen atoms in total. The summed E-state index contributed by atoms with van der Waals surface area (Å²) in [6, 6.07) is 0. The maximum absolute atomic E-state index is 9.60. The number of hydrogen-bond acceptors (Lipinski definition) is 5. The predicted molar refractivity (Wildman–Crippen MR) is 41.8 cm³/mol. The first-order valence-corrected chi connectivity index (χ1v) is 4.33. The van der Waals surface area contributed by atoms with Gasteiger partial charge in [0.25, 0.3) is 0 Å². The molecule has 2 fully saturated rings. The Bertz CT molecular complexity index is 205. The Morgan fingerprint density at radius 3 is 2.54 bits per heavy atom. The Hall–Kier alpha value is -0.200. The zero-order valence-electron chi connectivity index (χ0n) is 7.64. The van der Waals surface area contributed by atoms with Crippen LogP contribution in [0.15, 0.2) is 0 Å². The highest BCUT2D eigenvalue weighted by molar-refractivity contribution is 4.92. The van der Waals surface area contributed by atoms with E-state index in [2.05, 4.69) is 0 Å². The van der Waals surface area contributed by atoms with Crippen LogP contribution < -0.4 is 0 Å². The average Bonchev–Trinajstić information content (AvgIpc) is 2.47. The molecule has 0 unspecified atom stereocenters. The average molecular weight is 190 g/mol. The Kier molecular flexibility index (Phi) is 2.08. The minimum Gasteiger partial charge on any atom is -0.394 e. The van der Waals surface area contributed by atoms with Crippen molar-refractivity contribution in [2.75, 3.05) is 6.61 Å². The lowest BCUT2D eigenvalue weighted by Gasteiger charge is -2.21. The largest absolute Gasteiger partial charge is 0.394 e. The highest BCUT2D eigenvalue weighted by Crippen LogP contribution is 2.36. The topological polar surface area (TPSA) is 68.2 Å². The second-order valence-corrected chi connectivity index (χ2v) is 3.82. The Morgan fingerprint density at radius 2 is 2.00 bits per heavy atom. The molecule has 0 aliphatic carbocycles. The third-order valence-electron chi connectivity index (χ3n) is 2.29. The number of ether oxygens (including phenoxy) is 3. The quantitative estimate of drug-likeness (QED) is 0.567. The summed E-state index contributed by atoms with van der Waals surface area (Å²) in [5, 5.41) is 18.4. The monoisotopic (exact) mass is 190 g/mol. The number of rotatable bonds is 1. The summed E-state index contributed by atoms with van der Waals surface area (Å²) in [5.41, 5.74) is 0. The van der Waals surface area contributed by atoms with Gasteiger partial charge in [0.1, 0.15) is 18.3 Å². The standard InChI is InChI=1S/C8H14O5/c1-8(2)12-6-5(10)4(3-9)11-7(6)13-8/h4-7,9-10H,3H2,1-2H3/t4-,5+,6+,7+/m0/s1. The maximum atomic E-state index is 9.60. The van der Waals surface area contributed by atoms with E-state index in [1.807, 2.05) is 0 Å². The second-order valence-electron chi connectivity index (χ2n) is 3.82. The van der Waals surface area contributed by atoms with Gasteiger partial charge in [-0.3, -0.25) is 0 Å². The molecule has 13 heavy (non-hydrogen) atoms. The molecule has 0 aromatic rings. The molecular weight excluding hydrogens is 176 g/mol. The van der Waals surface area contributed by atoms with E-state index < -0.39 is 30.4 Å². The molecule has 0 aromatic heterocycles. The van der Waals surface area contributed by atoms with Gasteiger partial charge < -0.3 is 24.4 Å². The van der Waals surface area contributed by atoms with Crippen LogP contribution in [0, 0.1) is 0 Å². The lowest BCUT2D eigenvalue weighted by Crippen LogP contribution is -2.36. The molecule has 0 amide bonds. The summed E-state index contributed by atoms with van der Waals surface area (Å²) >= 11 is 0. The van der Waals surface area contributed by atoms with Gasteiger partial charge in [0, 0.05) is 0 Å². The lowest BCUT2D eigenvalue weighted by atomic mass is 10.1. The van der Waals surface area contributed by atoms with Crippen LogP contribution in [0.4, 0.5) is 0 Å². The van der Waals surface area contributed by atoms with Crippen molar-refractivity contribution in [1.29, 1.82) is 0 Å². The first-order valence-electron chi connectivity index (χ1n) is 4.33. The number of hydrogen-bond donors (Lipinski definition) is 2. The molecule has 0 saturated carbocycles. The van der Waals surface area contributed by atoms with E-state index in [1.54, 1.807) is 13.8 Å². The van der Waals surface area contributed by atoms with E-state index in [-0.39, 0.29) is 6.61 Å². The fourth-order valence-electron chi connectivity index (χ4n) is 1.71. The van der Waals surface area contributed by atoms with E-state index >= 15 is 0 Å². The van der Waals surface area contributed by atoms with Crippen LogP contribution in [-0.2, 0) is 14.2 Å². The molecule has 0 radical (unpaired) electrons. The van der Waals surface area contributed by atoms with Crippen LogP contribution in [0.3, 0.4) is 0 Å². The molecule has 2 aliphatic heterocycles. The minimum atomic E-state index is -0.809. The zero-order chi connectivity index (χ0) is 9.64. The van der Waals surface area contributed by atoms with Crippen molar-refractivity contribution in [1.82, 2.24) is 0 Å². The van der Waals surface area contributed by atoms with Gasteiger partial charge in [-0.1, -0.05) is 0 Å². The normalized spacial score (nSPS) is 48.0. The number of aliphatic hydroxyl groups excluding tert-OH is 2. The number of fused-ring (bicyclic) bond motifs is 1. The molecule has 5 heteroatoms. The summed E-state index contributed by atoms with van der Waals surface area (Å²) in [5.74, 6) is -0.712. The summed E-state index contributed by atoms with van der Waals surface area (Å²) in [7, 11) is 0. The van der Waals surface area contributed by atoms with Crippen molar-refractivity contribution in [3.05, 3.63) is 0 Å². The summed E-state index contributed by atoms with van der Waals surface area (Å²) in [6.07, 6.45) is -2.43. The SMILES string of the molecule is CC1(C)O[C@H]2O[C@@H](CO)[C@@H](O)[C@H]2O1. The van der Waals surface area contributed by atoms with E-state index in [1.165, 1.54) is 0 Å². The van der Waals surface area contributed by atoms with Gasteiger partial charge >= 0.3 is 0 Å². The number of aliphatic hydroxyl groups is 2. The molecule has 2 heterocycles. The smallest absolute Gasteiger partial charge is 0.190 e. The van der Waals surface area contributed by atoms with E-state index in [0.717, 1.165) is 0 Å². The molecule has 2 N–H and O–H groups in total. The van der Waals surface area contributed by atoms with Gasteiger partial charge in [0.15, 0.2) is 12.1 Å². The van der Waals surface area contributed by atoms with Crippen LogP contribution in [-0.4, -0.2) is 47.2 Å². The summed E-state index contributed by atoms with van der Waals surface area (Å²) < 4.78 is 16.0. The Morgan fingerprint density at radius 1 is 1.31 bits per heavy atom. The van der Waals surface area contributed by atoms with Crippen molar-refractivity contribution < 1.29 is 24.4 Å². The third-order valence-corrected chi connectivity index (χ3v) is 2.29. The van der Waals surface area contributed by atoms with Gasteiger partial charge in [0.2, 0.25) is 0 Å². The van der Waals surface area contributed by atoms with Crippen LogP contribution >= 0.6 is 0 Å². The van der Waals surface area contributed by atoms with Gasteiger partial charge in [0.05, 0.1) is 6.61 Å². The Balaban J connectivity index is 2.07. The van der Waals surface area contributed by atoms with E-state index in [0.29, 0.717) is 0 Å². The van der Waals surface area contributed by atoms with Crippen LogP contribution in [0.5, 0.6) is 0 Å². The fourth-order valence-corrected chi connectivity index (χ4v) is 1.71. The van der Waals surface area contributed by atoms with Crippen molar-refractivity contribution in [3.8, 4) is 0 Å². The molecule has 2 aliphatic rings. The molecule has 2 saturated heterocycles. The Labute approximate surface area is 76.2 Å². The van der Waals surface area contributed by atoms with E-state index in [4.69, 9.17) is 19.3 Å². The molecule has 2 rings (SSSR count). The highest BCUT2D eigenvalue weighted by atomic mass is 16.8. The van der Waals surface area contributed by atoms with Gasteiger partial charge in [-0.2, -0.15) is 0 Å². The van der Waals surface area contributed by atoms with Crippen LogP contribution in [0.2, 0.25) is 0 Å². The predicted octanol–water partition coefficient (Wildman–Crippen LogP) is -0.784. The first-order chi connectivity index (χ1) is 6.03. The first kappa shape index (κ1) is 9.36. The van der Waals surface area contributed by atoms with Gasteiger partial charge in [-0.25, -0.2) is 0 Å². The molecule has 0 aromatic carbocycles. The molecular formula is C8H14O5. The van der Waals surface area contributed by atoms with Crippen molar-refractivity contribution >= 4 is 0 Å². The maximum Gasteiger partial charge on any atom is 0.190 e. The van der Waals surface area contributed by atoms with Crippen molar-refractivity contribution in [2.24, 2.45) is 0 Å². The highest BCUT2D eigenvalue weighted by Gasteiger charge is 2.53. The molecule has 76 valence electrons. The van der Waals surface area contributed by atoms with Crippen LogP contribution in [0.1, 0.15) is 13.8 Å². The lowest BCUT2D eigenvalue weighted by molar-refractivity contribution is -0.218. The van der Waals surface area contributed by atoms with Gasteiger partial charge in [-0.15, -0.1) is 0 Å². The van der Waals surface area contributed by atoms with Gasteiger partial charge in [-0.05, 0) is 13.8 Å². The fraction of sp³-hybridized carbons (Fsp3) is 1.00. The zero-order valence-corrected chi connectivity index (χ0v) is 7.64. The summed E-state index contributed by atoms with van der Waals surface area (Å²) in [6.45, 7) is 3.30. The molecule has 0 bridgehead atoms. The second kappa shape index (κ2) is 2.90. The van der Waals surface area contributed by atoms with Crippen molar-refractivity contribution in [3.63, 3.8) is 0 Å². The molecule has 4 atom stereocenters.